The molecule has 0 radical (unpaired) electrons. The smallest absolute Gasteiger partial charge is 0.180 e. The molecule has 100 valence electrons. The van der Waals surface area contributed by atoms with Crippen molar-refractivity contribution in [3.05, 3.63) is 34.9 Å². The number of hydrogen-bond acceptors (Lipinski definition) is 5. The van der Waals surface area contributed by atoms with Gasteiger partial charge in [0.1, 0.15) is 18.4 Å². The summed E-state index contributed by atoms with van der Waals surface area (Å²) >= 11 is 0. The summed E-state index contributed by atoms with van der Waals surface area (Å²) in [6.07, 6.45) is 7.22. The summed E-state index contributed by atoms with van der Waals surface area (Å²) in [5.41, 5.74) is 10.4. The van der Waals surface area contributed by atoms with Gasteiger partial charge in [-0.2, -0.15) is 0 Å². The van der Waals surface area contributed by atoms with Crippen molar-refractivity contribution in [1.82, 2.24) is 0 Å². The maximum Gasteiger partial charge on any atom is 0.180 e. The van der Waals surface area contributed by atoms with Crippen molar-refractivity contribution in [2.45, 2.75) is 31.3 Å². The predicted octanol–water partition coefficient (Wildman–Crippen LogP) is 1.30. The summed E-state index contributed by atoms with van der Waals surface area (Å²) in [4.78, 5) is 16.8. The number of amidine groups is 1. The van der Waals surface area contributed by atoms with Crippen LogP contribution in [0, 0.1) is 0 Å². The molecule has 0 aromatic heterocycles. The van der Waals surface area contributed by atoms with Gasteiger partial charge < -0.3 is 5.73 Å². The molecule has 4 rings (SSSR count). The van der Waals surface area contributed by atoms with Crippen LogP contribution in [0.4, 0.5) is 0 Å². The highest BCUT2D eigenvalue weighted by Gasteiger charge is 2.37. The molecule has 1 aliphatic carbocycles. The van der Waals surface area contributed by atoms with Crippen LogP contribution in [-0.2, 0) is 19.3 Å². The first-order valence-electron chi connectivity index (χ1n) is 6.87. The van der Waals surface area contributed by atoms with Crippen LogP contribution >= 0.6 is 0 Å². The van der Waals surface area contributed by atoms with Gasteiger partial charge >= 0.3 is 0 Å². The average Bonchev–Trinajstić information content (AvgIpc) is 3.06. The topological polar surface area (TPSA) is 75.5 Å². The monoisotopic (exact) mass is 265 g/mol. The SMILES string of the molecule is NC1(Cc2ccc3c(c2)CCC3)N=CN=C2N=CN=C21. The van der Waals surface area contributed by atoms with Crippen LogP contribution in [-0.4, -0.2) is 29.9 Å². The molecule has 0 spiro atoms. The quantitative estimate of drug-likeness (QED) is 0.859. The van der Waals surface area contributed by atoms with Gasteiger partial charge in [0.05, 0.1) is 0 Å². The Balaban J connectivity index is 1.66. The lowest BCUT2D eigenvalue weighted by Gasteiger charge is -2.26. The van der Waals surface area contributed by atoms with Crippen LogP contribution in [0.2, 0.25) is 0 Å². The Morgan fingerprint density at radius 3 is 2.95 bits per heavy atom. The molecular weight excluding hydrogens is 250 g/mol. The molecule has 1 aromatic rings. The Labute approximate surface area is 117 Å². The highest BCUT2D eigenvalue weighted by molar-refractivity contribution is 6.50. The number of fused-ring (bicyclic) bond motifs is 2. The van der Waals surface area contributed by atoms with E-state index in [1.165, 1.54) is 48.6 Å². The third-order valence-corrected chi connectivity index (χ3v) is 4.09. The van der Waals surface area contributed by atoms with Crippen molar-refractivity contribution in [2.75, 3.05) is 0 Å². The molecule has 2 heterocycles. The van der Waals surface area contributed by atoms with E-state index in [0.29, 0.717) is 18.0 Å². The van der Waals surface area contributed by atoms with Gasteiger partial charge in [-0.25, -0.2) is 20.0 Å². The van der Waals surface area contributed by atoms with Crippen molar-refractivity contribution in [1.29, 1.82) is 0 Å². The number of nitrogens with zero attached hydrogens (tertiary/aromatic N) is 4. The number of aliphatic imine (C=N–C) groups is 4. The first-order chi connectivity index (χ1) is 9.74. The van der Waals surface area contributed by atoms with Gasteiger partial charge in [-0.1, -0.05) is 18.2 Å². The highest BCUT2D eigenvalue weighted by Crippen LogP contribution is 2.26. The first-order valence-corrected chi connectivity index (χ1v) is 6.87. The van der Waals surface area contributed by atoms with Crippen LogP contribution < -0.4 is 5.73 Å². The Hall–Kier alpha value is -2.14. The van der Waals surface area contributed by atoms with E-state index in [1.807, 2.05) is 0 Å². The first kappa shape index (κ1) is 11.7. The Morgan fingerprint density at radius 1 is 1.10 bits per heavy atom. The maximum absolute atomic E-state index is 6.43. The molecule has 0 bridgehead atoms. The lowest BCUT2D eigenvalue weighted by Crippen LogP contribution is -2.52. The minimum atomic E-state index is -0.847. The lowest BCUT2D eigenvalue weighted by atomic mass is 9.93. The molecule has 3 aliphatic rings. The summed E-state index contributed by atoms with van der Waals surface area (Å²) in [5, 5.41) is 0. The van der Waals surface area contributed by atoms with Crippen molar-refractivity contribution >= 4 is 24.2 Å². The predicted molar refractivity (Wildman–Crippen MR) is 80.9 cm³/mol. The molecule has 20 heavy (non-hydrogen) atoms. The van der Waals surface area contributed by atoms with Gasteiger partial charge in [0.15, 0.2) is 11.5 Å². The second kappa shape index (κ2) is 4.18. The molecule has 0 amide bonds. The molecule has 1 unspecified atom stereocenters. The summed E-state index contributed by atoms with van der Waals surface area (Å²) in [7, 11) is 0. The number of rotatable bonds is 2. The maximum atomic E-state index is 6.43. The zero-order valence-electron chi connectivity index (χ0n) is 11.1. The second-order valence-corrected chi connectivity index (χ2v) is 5.48. The van der Waals surface area contributed by atoms with Crippen molar-refractivity contribution < 1.29 is 0 Å². The van der Waals surface area contributed by atoms with E-state index in [0.717, 1.165) is 0 Å². The van der Waals surface area contributed by atoms with Gasteiger partial charge in [0, 0.05) is 6.42 Å². The molecular formula is C15H15N5. The molecule has 2 N–H and O–H groups in total. The van der Waals surface area contributed by atoms with Gasteiger partial charge in [0.2, 0.25) is 0 Å². The molecule has 5 nitrogen and oxygen atoms in total. The van der Waals surface area contributed by atoms with Gasteiger partial charge in [0.25, 0.3) is 0 Å². The summed E-state index contributed by atoms with van der Waals surface area (Å²) in [6, 6.07) is 6.62. The van der Waals surface area contributed by atoms with E-state index in [-0.39, 0.29) is 0 Å². The Kier molecular flexibility index (Phi) is 2.44. The second-order valence-electron chi connectivity index (χ2n) is 5.48. The minimum Gasteiger partial charge on any atom is -0.302 e. The largest absolute Gasteiger partial charge is 0.302 e. The van der Waals surface area contributed by atoms with Gasteiger partial charge in [-0.15, -0.1) is 0 Å². The fourth-order valence-electron chi connectivity index (χ4n) is 3.08. The number of nitrogens with two attached hydrogens (primary N) is 1. The van der Waals surface area contributed by atoms with Crippen LogP contribution in [0.25, 0.3) is 0 Å². The fraction of sp³-hybridized carbons (Fsp3) is 0.333. The van der Waals surface area contributed by atoms with Crippen molar-refractivity contribution in [2.24, 2.45) is 25.7 Å². The van der Waals surface area contributed by atoms with Crippen LogP contribution in [0.5, 0.6) is 0 Å². The summed E-state index contributed by atoms with van der Waals surface area (Å²) < 4.78 is 0. The zero-order chi connectivity index (χ0) is 13.6. The van der Waals surface area contributed by atoms with Crippen molar-refractivity contribution in [3.8, 4) is 0 Å². The van der Waals surface area contributed by atoms with E-state index >= 15 is 0 Å². The van der Waals surface area contributed by atoms with E-state index in [2.05, 4.69) is 38.2 Å². The third-order valence-electron chi connectivity index (χ3n) is 4.09. The van der Waals surface area contributed by atoms with Crippen LogP contribution in [0.15, 0.2) is 38.2 Å². The van der Waals surface area contributed by atoms with E-state index in [9.17, 15) is 0 Å². The van der Waals surface area contributed by atoms with Crippen LogP contribution in [0.1, 0.15) is 23.1 Å². The molecule has 0 saturated heterocycles. The number of aryl methyl sites for hydroxylation is 2. The Morgan fingerprint density at radius 2 is 2.00 bits per heavy atom. The lowest BCUT2D eigenvalue weighted by molar-refractivity contribution is 0.597. The van der Waals surface area contributed by atoms with E-state index in [4.69, 9.17) is 5.73 Å². The van der Waals surface area contributed by atoms with E-state index < -0.39 is 5.66 Å². The zero-order valence-corrected chi connectivity index (χ0v) is 11.1. The third kappa shape index (κ3) is 1.74. The van der Waals surface area contributed by atoms with Gasteiger partial charge in [-0.3, -0.25) is 0 Å². The molecule has 1 atom stereocenters. The number of benzene rings is 1. The molecule has 0 fully saturated rings. The summed E-state index contributed by atoms with van der Waals surface area (Å²) in [6.45, 7) is 0. The molecule has 1 aromatic carbocycles. The van der Waals surface area contributed by atoms with Crippen molar-refractivity contribution in [3.63, 3.8) is 0 Å². The molecule has 5 heteroatoms. The van der Waals surface area contributed by atoms with Gasteiger partial charge in [-0.05, 0) is 36.0 Å². The fourth-order valence-corrected chi connectivity index (χ4v) is 3.08. The molecule has 2 aliphatic heterocycles. The van der Waals surface area contributed by atoms with E-state index in [1.54, 1.807) is 0 Å². The minimum absolute atomic E-state index is 0.587. The normalized spacial score (nSPS) is 26.2. The average molecular weight is 265 g/mol. The van der Waals surface area contributed by atoms with Crippen LogP contribution in [0.3, 0.4) is 0 Å². The highest BCUT2D eigenvalue weighted by atomic mass is 15.2. The summed E-state index contributed by atoms with van der Waals surface area (Å²) in [5.74, 6) is 0.587. The molecule has 0 saturated carbocycles. The number of hydrogen-bond donors (Lipinski definition) is 1. The Bertz CT molecular complexity index is 698. The standard InChI is InChI=1S/C15H15N5/c16-15(13-14(18-8-17-13)19-9-20-15)7-10-4-5-11-2-1-3-12(11)6-10/h4-6,8-9H,1-3,7,16H2.